The number of terminal acetylenes is 1. The van der Waals surface area contributed by atoms with E-state index in [4.69, 9.17) is 6.42 Å². The normalized spacial score (nSPS) is 26.8. The molecule has 1 aliphatic heterocycles. The van der Waals surface area contributed by atoms with E-state index in [9.17, 15) is 8.42 Å². The molecule has 1 fully saturated rings. The number of nitrogens with one attached hydrogen (secondary N) is 1. The van der Waals surface area contributed by atoms with Crippen molar-refractivity contribution in [3.8, 4) is 12.3 Å². The van der Waals surface area contributed by atoms with Gasteiger partial charge >= 0.3 is 0 Å². The standard InChI is InChI=1S/C11H19NO2S/c1-3-6-10(4-2)12-11-7-5-8-15(13,14)9-11/h1,10-12H,4-9H2,2H3. The zero-order valence-corrected chi connectivity index (χ0v) is 10.0. The molecule has 1 rings (SSSR count). The molecule has 15 heavy (non-hydrogen) atoms. The first kappa shape index (κ1) is 12.5. The van der Waals surface area contributed by atoms with E-state index in [2.05, 4.69) is 18.2 Å². The highest BCUT2D eigenvalue weighted by Gasteiger charge is 2.25. The SMILES string of the molecule is C#CCC(CC)NC1CCCS(=O)(=O)C1. The fourth-order valence-electron chi connectivity index (χ4n) is 1.95. The van der Waals surface area contributed by atoms with Gasteiger partial charge in [0.15, 0.2) is 9.84 Å². The molecule has 0 saturated carbocycles. The molecule has 0 bridgehead atoms. The molecule has 1 heterocycles. The Morgan fingerprint density at radius 3 is 2.87 bits per heavy atom. The molecule has 1 saturated heterocycles. The molecule has 0 aromatic carbocycles. The summed E-state index contributed by atoms with van der Waals surface area (Å²) in [6, 6.07) is 0.357. The second kappa shape index (κ2) is 5.53. The molecule has 3 nitrogen and oxygen atoms in total. The lowest BCUT2D eigenvalue weighted by molar-refractivity contribution is 0.410. The van der Waals surface area contributed by atoms with Crippen LogP contribution in [0.3, 0.4) is 0 Å². The average Bonchev–Trinajstić information content (AvgIpc) is 2.15. The van der Waals surface area contributed by atoms with Crippen molar-refractivity contribution in [2.75, 3.05) is 11.5 Å². The van der Waals surface area contributed by atoms with E-state index in [0.29, 0.717) is 12.2 Å². The molecular weight excluding hydrogens is 210 g/mol. The second-order valence-corrected chi connectivity index (χ2v) is 6.36. The summed E-state index contributed by atoms with van der Waals surface area (Å²) in [7, 11) is -2.81. The van der Waals surface area contributed by atoms with Crippen molar-refractivity contribution in [3.63, 3.8) is 0 Å². The number of hydrogen-bond acceptors (Lipinski definition) is 3. The molecule has 0 aromatic rings. The molecule has 0 aromatic heterocycles. The number of rotatable bonds is 4. The minimum Gasteiger partial charge on any atom is -0.309 e. The highest BCUT2D eigenvalue weighted by Crippen LogP contribution is 2.13. The van der Waals surface area contributed by atoms with E-state index in [1.165, 1.54) is 0 Å². The molecule has 1 N–H and O–H groups in total. The summed E-state index contributed by atoms with van der Waals surface area (Å²) >= 11 is 0. The minimum atomic E-state index is -2.81. The molecule has 2 unspecified atom stereocenters. The highest BCUT2D eigenvalue weighted by molar-refractivity contribution is 7.91. The van der Waals surface area contributed by atoms with Gasteiger partial charge in [-0.1, -0.05) is 6.92 Å². The van der Waals surface area contributed by atoms with Crippen LogP contribution in [-0.4, -0.2) is 32.0 Å². The van der Waals surface area contributed by atoms with Crippen molar-refractivity contribution in [1.82, 2.24) is 5.32 Å². The fourth-order valence-corrected chi connectivity index (χ4v) is 3.60. The quantitative estimate of drug-likeness (QED) is 0.730. The van der Waals surface area contributed by atoms with Crippen molar-refractivity contribution < 1.29 is 8.42 Å². The van der Waals surface area contributed by atoms with Gasteiger partial charge in [-0.3, -0.25) is 0 Å². The van der Waals surface area contributed by atoms with E-state index in [0.717, 1.165) is 19.3 Å². The van der Waals surface area contributed by atoms with Crippen molar-refractivity contribution in [1.29, 1.82) is 0 Å². The van der Waals surface area contributed by atoms with E-state index in [-0.39, 0.29) is 17.8 Å². The Morgan fingerprint density at radius 1 is 1.60 bits per heavy atom. The van der Waals surface area contributed by atoms with Crippen LogP contribution in [-0.2, 0) is 9.84 Å². The van der Waals surface area contributed by atoms with Gasteiger partial charge < -0.3 is 5.32 Å². The average molecular weight is 229 g/mol. The molecule has 86 valence electrons. The fraction of sp³-hybridized carbons (Fsp3) is 0.818. The Labute approximate surface area is 92.6 Å². The molecule has 0 amide bonds. The van der Waals surface area contributed by atoms with Crippen LogP contribution in [0.5, 0.6) is 0 Å². The summed E-state index contributed by atoms with van der Waals surface area (Å²) in [5, 5.41) is 3.34. The Bertz CT molecular complexity index is 329. The predicted octanol–water partition coefficient (Wildman–Crippen LogP) is 0.955. The van der Waals surface area contributed by atoms with Gasteiger partial charge in [0, 0.05) is 18.5 Å². The van der Waals surface area contributed by atoms with Gasteiger partial charge in [0.05, 0.1) is 11.5 Å². The Balaban J connectivity index is 2.47. The molecule has 0 spiro atoms. The third kappa shape index (κ3) is 4.23. The van der Waals surface area contributed by atoms with Crippen LogP contribution in [0.2, 0.25) is 0 Å². The van der Waals surface area contributed by atoms with Crippen LogP contribution >= 0.6 is 0 Å². The first-order valence-electron chi connectivity index (χ1n) is 5.47. The summed E-state index contributed by atoms with van der Waals surface area (Å²) in [5.74, 6) is 3.23. The molecule has 4 heteroatoms. The number of sulfone groups is 1. The van der Waals surface area contributed by atoms with Crippen LogP contribution in [0.4, 0.5) is 0 Å². The van der Waals surface area contributed by atoms with Crippen LogP contribution < -0.4 is 5.32 Å². The molecule has 2 atom stereocenters. The summed E-state index contributed by atoms with van der Waals surface area (Å²) in [5.41, 5.74) is 0. The zero-order valence-electron chi connectivity index (χ0n) is 9.20. The topological polar surface area (TPSA) is 46.2 Å². The summed E-state index contributed by atoms with van der Waals surface area (Å²) in [6.45, 7) is 2.06. The van der Waals surface area contributed by atoms with E-state index in [1.807, 2.05) is 0 Å². The van der Waals surface area contributed by atoms with Crippen molar-refractivity contribution in [2.45, 2.75) is 44.7 Å². The smallest absolute Gasteiger partial charge is 0.151 e. The minimum absolute atomic E-state index is 0.0991. The van der Waals surface area contributed by atoms with Gasteiger partial charge in [-0.05, 0) is 19.3 Å². The summed E-state index contributed by atoms with van der Waals surface area (Å²) < 4.78 is 22.8. The van der Waals surface area contributed by atoms with Gasteiger partial charge in [-0.15, -0.1) is 12.3 Å². The molecular formula is C11H19NO2S. The second-order valence-electron chi connectivity index (χ2n) is 4.13. The van der Waals surface area contributed by atoms with Gasteiger partial charge in [-0.2, -0.15) is 0 Å². The first-order chi connectivity index (χ1) is 7.07. The maximum absolute atomic E-state index is 11.4. The van der Waals surface area contributed by atoms with Crippen LogP contribution in [0, 0.1) is 12.3 Å². The van der Waals surface area contributed by atoms with E-state index in [1.54, 1.807) is 0 Å². The van der Waals surface area contributed by atoms with Gasteiger partial charge in [-0.25, -0.2) is 8.42 Å². The lowest BCUT2D eigenvalue weighted by Gasteiger charge is -2.27. The maximum atomic E-state index is 11.4. The molecule has 1 aliphatic rings. The third-order valence-electron chi connectivity index (χ3n) is 2.79. The van der Waals surface area contributed by atoms with E-state index < -0.39 is 9.84 Å². The summed E-state index contributed by atoms with van der Waals surface area (Å²) in [4.78, 5) is 0. The number of hydrogen-bond donors (Lipinski definition) is 1. The monoisotopic (exact) mass is 229 g/mol. The Morgan fingerprint density at radius 2 is 2.33 bits per heavy atom. The van der Waals surface area contributed by atoms with E-state index >= 15 is 0 Å². The first-order valence-corrected chi connectivity index (χ1v) is 7.29. The lowest BCUT2D eigenvalue weighted by atomic mass is 10.1. The maximum Gasteiger partial charge on any atom is 0.151 e. The van der Waals surface area contributed by atoms with Crippen molar-refractivity contribution in [2.24, 2.45) is 0 Å². The predicted molar refractivity (Wildman–Crippen MR) is 62.3 cm³/mol. The molecule has 0 aliphatic carbocycles. The van der Waals surface area contributed by atoms with Gasteiger partial charge in [0.25, 0.3) is 0 Å². The Hall–Kier alpha value is -0.530. The zero-order chi connectivity index (χ0) is 11.3. The Kier molecular flexibility index (Phi) is 4.62. The third-order valence-corrected chi connectivity index (χ3v) is 4.61. The van der Waals surface area contributed by atoms with Gasteiger partial charge in [0.1, 0.15) is 0 Å². The van der Waals surface area contributed by atoms with Crippen molar-refractivity contribution in [3.05, 3.63) is 0 Å². The van der Waals surface area contributed by atoms with Gasteiger partial charge in [0.2, 0.25) is 0 Å². The summed E-state index contributed by atoms with van der Waals surface area (Å²) in [6.07, 6.45) is 8.59. The van der Waals surface area contributed by atoms with Crippen molar-refractivity contribution >= 4 is 9.84 Å². The molecule has 0 radical (unpaired) electrons. The lowest BCUT2D eigenvalue weighted by Crippen LogP contribution is -2.45. The van der Waals surface area contributed by atoms with Crippen LogP contribution in [0.25, 0.3) is 0 Å². The largest absolute Gasteiger partial charge is 0.309 e. The van der Waals surface area contributed by atoms with Crippen LogP contribution in [0.15, 0.2) is 0 Å². The highest BCUT2D eigenvalue weighted by atomic mass is 32.2. The van der Waals surface area contributed by atoms with Crippen LogP contribution in [0.1, 0.15) is 32.6 Å².